The van der Waals surface area contributed by atoms with Crippen LogP contribution in [0.4, 0.5) is 10.5 Å². The lowest BCUT2D eigenvalue weighted by atomic mass is 10.2. The van der Waals surface area contributed by atoms with Crippen molar-refractivity contribution in [1.82, 2.24) is 0 Å². The van der Waals surface area contributed by atoms with Crippen LogP contribution in [0.2, 0.25) is 0 Å². The van der Waals surface area contributed by atoms with E-state index >= 15 is 0 Å². The molecular formula is C17H20N2O2. The summed E-state index contributed by atoms with van der Waals surface area (Å²) in [5.74, 6) is 0. The molecule has 0 bridgehead atoms. The van der Waals surface area contributed by atoms with Gasteiger partial charge in [0.15, 0.2) is 0 Å². The van der Waals surface area contributed by atoms with E-state index in [2.05, 4.69) is 0 Å². The first-order chi connectivity index (χ1) is 10.2. The van der Waals surface area contributed by atoms with Gasteiger partial charge in [-0.25, -0.2) is 4.79 Å². The molecular weight excluding hydrogens is 264 g/mol. The van der Waals surface area contributed by atoms with E-state index in [1.54, 1.807) is 4.90 Å². The molecule has 110 valence electrons. The van der Waals surface area contributed by atoms with E-state index < -0.39 is 0 Å². The average molecular weight is 284 g/mol. The van der Waals surface area contributed by atoms with Gasteiger partial charge in [0.2, 0.25) is 0 Å². The molecule has 4 nitrogen and oxygen atoms in total. The fraction of sp³-hybridized carbons (Fsp3) is 0.235. The zero-order chi connectivity index (χ0) is 15.1. The van der Waals surface area contributed by atoms with E-state index in [9.17, 15) is 4.79 Å². The lowest BCUT2D eigenvalue weighted by Gasteiger charge is -2.20. The van der Waals surface area contributed by atoms with Gasteiger partial charge in [-0.15, -0.1) is 0 Å². The first-order valence-corrected chi connectivity index (χ1v) is 7.01. The molecule has 0 aliphatic carbocycles. The van der Waals surface area contributed by atoms with Crippen LogP contribution in [0.3, 0.4) is 0 Å². The Morgan fingerprint density at radius 2 is 1.71 bits per heavy atom. The Bertz CT molecular complexity index is 567. The largest absolute Gasteiger partial charge is 0.444 e. The normalized spacial score (nSPS) is 10.2. The number of nitrogens with zero attached hydrogens (tertiary/aromatic N) is 1. The number of ether oxygens (including phenoxy) is 1. The molecule has 0 saturated carbocycles. The van der Waals surface area contributed by atoms with Crippen molar-refractivity contribution >= 4 is 11.8 Å². The maximum atomic E-state index is 12.2. The number of amides is 1. The monoisotopic (exact) mass is 284 g/mol. The molecule has 2 N–H and O–H groups in total. The van der Waals surface area contributed by atoms with Crippen LogP contribution in [0.1, 0.15) is 18.1 Å². The van der Waals surface area contributed by atoms with E-state index in [-0.39, 0.29) is 12.7 Å². The highest BCUT2D eigenvalue weighted by Crippen LogP contribution is 2.16. The standard InChI is InChI=1S/C17H20N2O2/c1-2-19(16-10-8-14(12-18)9-11-16)17(20)21-13-15-6-4-3-5-7-15/h3-11H,2,12-13,18H2,1H3. The van der Waals surface area contributed by atoms with Gasteiger partial charge in [-0.05, 0) is 30.2 Å². The minimum absolute atomic E-state index is 0.275. The number of nitrogens with two attached hydrogens (primary N) is 1. The summed E-state index contributed by atoms with van der Waals surface area (Å²) in [5.41, 5.74) is 8.40. The SMILES string of the molecule is CCN(C(=O)OCc1ccccc1)c1ccc(CN)cc1. The molecule has 0 aromatic heterocycles. The minimum atomic E-state index is -0.346. The molecule has 2 aromatic rings. The van der Waals surface area contributed by atoms with Gasteiger partial charge in [0.25, 0.3) is 0 Å². The van der Waals surface area contributed by atoms with Gasteiger partial charge < -0.3 is 10.5 Å². The summed E-state index contributed by atoms with van der Waals surface area (Å²) in [6.45, 7) is 3.23. The highest BCUT2D eigenvalue weighted by molar-refractivity contribution is 5.87. The number of carbonyl (C=O) groups is 1. The average Bonchev–Trinajstić information content (AvgIpc) is 2.55. The molecule has 0 radical (unpaired) electrons. The quantitative estimate of drug-likeness (QED) is 0.916. The molecule has 21 heavy (non-hydrogen) atoms. The van der Waals surface area contributed by atoms with Gasteiger partial charge in [-0.2, -0.15) is 0 Å². The van der Waals surface area contributed by atoms with Gasteiger partial charge in [0.05, 0.1) is 0 Å². The van der Waals surface area contributed by atoms with Crippen LogP contribution in [0.5, 0.6) is 0 Å². The van der Waals surface area contributed by atoms with Crippen molar-refractivity contribution in [1.29, 1.82) is 0 Å². The molecule has 0 aliphatic heterocycles. The van der Waals surface area contributed by atoms with Crippen molar-refractivity contribution in [2.24, 2.45) is 5.73 Å². The predicted molar refractivity (Wildman–Crippen MR) is 84.0 cm³/mol. The number of anilines is 1. The fourth-order valence-electron chi connectivity index (χ4n) is 2.03. The van der Waals surface area contributed by atoms with E-state index in [0.29, 0.717) is 13.1 Å². The smallest absolute Gasteiger partial charge is 0.414 e. The van der Waals surface area contributed by atoms with Crippen LogP contribution in [0, 0.1) is 0 Å². The van der Waals surface area contributed by atoms with E-state index in [0.717, 1.165) is 16.8 Å². The van der Waals surface area contributed by atoms with Gasteiger partial charge in [-0.1, -0.05) is 42.5 Å². The fourth-order valence-corrected chi connectivity index (χ4v) is 2.03. The summed E-state index contributed by atoms with van der Waals surface area (Å²) in [4.78, 5) is 13.8. The van der Waals surface area contributed by atoms with E-state index in [1.807, 2.05) is 61.5 Å². The first kappa shape index (κ1) is 15.1. The van der Waals surface area contributed by atoms with Crippen molar-refractivity contribution in [2.45, 2.75) is 20.1 Å². The van der Waals surface area contributed by atoms with Crippen molar-refractivity contribution in [3.8, 4) is 0 Å². The van der Waals surface area contributed by atoms with Crippen LogP contribution in [0.25, 0.3) is 0 Å². The third-order valence-corrected chi connectivity index (χ3v) is 3.23. The number of rotatable bonds is 5. The Morgan fingerprint density at radius 3 is 2.29 bits per heavy atom. The van der Waals surface area contributed by atoms with Gasteiger partial charge in [-0.3, -0.25) is 4.90 Å². The summed E-state index contributed by atoms with van der Waals surface area (Å²) in [5, 5.41) is 0. The van der Waals surface area contributed by atoms with Crippen LogP contribution >= 0.6 is 0 Å². The summed E-state index contributed by atoms with van der Waals surface area (Å²) in [6.07, 6.45) is -0.346. The molecule has 0 unspecified atom stereocenters. The Labute approximate surface area is 125 Å². The minimum Gasteiger partial charge on any atom is -0.444 e. The third kappa shape index (κ3) is 4.07. The zero-order valence-electron chi connectivity index (χ0n) is 12.2. The molecule has 4 heteroatoms. The molecule has 0 heterocycles. The highest BCUT2D eigenvalue weighted by Gasteiger charge is 2.15. The van der Waals surface area contributed by atoms with Crippen molar-refractivity contribution in [3.63, 3.8) is 0 Å². The summed E-state index contributed by atoms with van der Waals surface area (Å²) < 4.78 is 5.35. The van der Waals surface area contributed by atoms with Gasteiger partial charge >= 0.3 is 6.09 Å². The van der Waals surface area contributed by atoms with Crippen LogP contribution in [-0.4, -0.2) is 12.6 Å². The topological polar surface area (TPSA) is 55.6 Å². The predicted octanol–water partition coefficient (Wildman–Crippen LogP) is 3.31. The summed E-state index contributed by atoms with van der Waals surface area (Å²) in [7, 11) is 0. The maximum Gasteiger partial charge on any atom is 0.414 e. The highest BCUT2D eigenvalue weighted by atomic mass is 16.6. The second-order valence-corrected chi connectivity index (χ2v) is 4.66. The lowest BCUT2D eigenvalue weighted by molar-refractivity contribution is 0.147. The van der Waals surface area contributed by atoms with Crippen molar-refractivity contribution < 1.29 is 9.53 Å². The Balaban J connectivity index is 2.00. The molecule has 2 rings (SSSR count). The Kier molecular flexibility index (Phi) is 5.35. The van der Waals surface area contributed by atoms with Crippen molar-refractivity contribution in [2.75, 3.05) is 11.4 Å². The summed E-state index contributed by atoms with van der Waals surface area (Å²) >= 11 is 0. The second kappa shape index (κ2) is 7.45. The molecule has 0 aliphatic rings. The summed E-state index contributed by atoms with van der Waals surface area (Å²) in [6, 6.07) is 17.2. The Hall–Kier alpha value is -2.33. The van der Waals surface area contributed by atoms with Crippen LogP contribution in [0.15, 0.2) is 54.6 Å². The maximum absolute atomic E-state index is 12.2. The van der Waals surface area contributed by atoms with Gasteiger partial charge in [0, 0.05) is 18.8 Å². The van der Waals surface area contributed by atoms with E-state index in [4.69, 9.17) is 10.5 Å². The van der Waals surface area contributed by atoms with Crippen LogP contribution in [-0.2, 0) is 17.9 Å². The molecule has 0 spiro atoms. The number of hydrogen-bond acceptors (Lipinski definition) is 3. The molecule has 2 aromatic carbocycles. The molecule has 0 atom stereocenters. The number of benzene rings is 2. The van der Waals surface area contributed by atoms with Crippen LogP contribution < -0.4 is 10.6 Å². The first-order valence-electron chi connectivity index (χ1n) is 7.01. The van der Waals surface area contributed by atoms with Gasteiger partial charge in [0.1, 0.15) is 6.61 Å². The molecule has 0 saturated heterocycles. The Morgan fingerprint density at radius 1 is 1.05 bits per heavy atom. The van der Waals surface area contributed by atoms with Crippen molar-refractivity contribution in [3.05, 3.63) is 65.7 Å². The van der Waals surface area contributed by atoms with E-state index in [1.165, 1.54) is 0 Å². The third-order valence-electron chi connectivity index (χ3n) is 3.23. The number of carbonyl (C=O) groups excluding carboxylic acids is 1. The number of hydrogen-bond donors (Lipinski definition) is 1. The second-order valence-electron chi connectivity index (χ2n) is 4.66. The molecule has 1 amide bonds. The molecule has 0 fully saturated rings. The lowest BCUT2D eigenvalue weighted by Crippen LogP contribution is -2.31. The zero-order valence-corrected chi connectivity index (χ0v) is 12.2.